The molecule has 3 aromatic carbocycles. The molecule has 9 heteroatoms. The molecule has 1 aromatic heterocycles. The van der Waals surface area contributed by atoms with Gasteiger partial charge >= 0.3 is 6.18 Å². The van der Waals surface area contributed by atoms with Crippen molar-refractivity contribution in [1.29, 1.82) is 0 Å². The van der Waals surface area contributed by atoms with Crippen molar-refractivity contribution in [1.82, 2.24) is 10.3 Å². The summed E-state index contributed by atoms with van der Waals surface area (Å²) in [6.45, 7) is 0.163. The first kappa shape index (κ1) is 25.8. The highest BCUT2D eigenvalue weighted by Crippen LogP contribution is 2.41. The van der Waals surface area contributed by atoms with Gasteiger partial charge in [-0.3, -0.25) is 4.79 Å². The topological polar surface area (TPSA) is 69.7 Å². The van der Waals surface area contributed by atoms with Crippen LogP contribution >= 0.6 is 0 Å². The first-order valence-corrected chi connectivity index (χ1v) is 11.4. The van der Waals surface area contributed by atoms with Gasteiger partial charge in [-0.15, -0.1) is 0 Å². The number of fused-ring (bicyclic) bond motifs is 1. The van der Waals surface area contributed by atoms with Crippen LogP contribution in [0.5, 0.6) is 17.2 Å². The van der Waals surface area contributed by atoms with E-state index >= 15 is 0 Å². The van der Waals surface area contributed by atoms with Crippen LogP contribution in [0.2, 0.25) is 0 Å². The summed E-state index contributed by atoms with van der Waals surface area (Å²) in [7, 11) is 4.53. The lowest BCUT2D eigenvalue weighted by atomic mass is 10.0. The predicted molar refractivity (Wildman–Crippen MR) is 134 cm³/mol. The third-order valence-corrected chi connectivity index (χ3v) is 5.87. The molecule has 4 aromatic rings. The van der Waals surface area contributed by atoms with E-state index < -0.39 is 11.7 Å². The smallest absolute Gasteiger partial charge is 0.416 e. The van der Waals surface area contributed by atoms with Crippen molar-refractivity contribution in [3.63, 3.8) is 0 Å². The lowest BCUT2D eigenvalue weighted by Gasteiger charge is -2.15. The number of aromatic nitrogens is 1. The molecule has 0 saturated heterocycles. The zero-order valence-electron chi connectivity index (χ0n) is 20.5. The Bertz CT molecular complexity index is 1410. The lowest BCUT2D eigenvalue weighted by molar-refractivity contribution is -0.137. The number of nitrogens with one attached hydrogen (secondary N) is 1. The maximum Gasteiger partial charge on any atom is 0.416 e. The first-order valence-electron chi connectivity index (χ1n) is 11.4. The lowest BCUT2D eigenvalue weighted by Crippen LogP contribution is -2.26. The van der Waals surface area contributed by atoms with E-state index in [-0.39, 0.29) is 18.9 Å². The van der Waals surface area contributed by atoms with Gasteiger partial charge < -0.3 is 19.5 Å². The summed E-state index contributed by atoms with van der Waals surface area (Å²) in [6.07, 6.45) is -4.17. The van der Waals surface area contributed by atoms with Gasteiger partial charge in [-0.2, -0.15) is 13.2 Å². The maximum atomic E-state index is 13.2. The third-order valence-electron chi connectivity index (χ3n) is 5.87. The van der Waals surface area contributed by atoms with Crippen LogP contribution in [0.1, 0.15) is 21.5 Å². The average molecular weight is 511 g/mol. The van der Waals surface area contributed by atoms with Crippen molar-refractivity contribution in [2.24, 2.45) is 0 Å². The molecule has 1 amide bonds. The number of rotatable bonds is 8. The van der Waals surface area contributed by atoms with Gasteiger partial charge in [0.25, 0.3) is 5.91 Å². The molecule has 0 aliphatic carbocycles. The summed E-state index contributed by atoms with van der Waals surface area (Å²) in [5.41, 5.74) is 1.92. The molecule has 0 atom stereocenters. The van der Waals surface area contributed by atoms with Crippen molar-refractivity contribution in [3.05, 3.63) is 83.4 Å². The second-order valence-corrected chi connectivity index (χ2v) is 8.19. The summed E-state index contributed by atoms with van der Waals surface area (Å²) in [5, 5.41) is 3.47. The van der Waals surface area contributed by atoms with Crippen LogP contribution in [0.15, 0.2) is 66.7 Å². The van der Waals surface area contributed by atoms with E-state index in [0.717, 1.165) is 12.1 Å². The quantitative estimate of drug-likeness (QED) is 0.319. The zero-order valence-corrected chi connectivity index (χ0v) is 20.5. The van der Waals surface area contributed by atoms with Gasteiger partial charge in [0.1, 0.15) is 0 Å². The van der Waals surface area contributed by atoms with Crippen molar-refractivity contribution in [2.75, 3.05) is 27.9 Å². The second-order valence-electron chi connectivity index (χ2n) is 8.19. The Kier molecular flexibility index (Phi) is 7.52. The Balaban J connectivity index is 1.64. The van der Waals surface area contributed by atoms with Crippen molar-refractivity contribution < 1.29 is 32.2 Å². The number of hydrogen-bond donors (Lipinski definition) is 1. The van der Waals surface area contributed by atoms with Crippen molar-refractivity contribution in [3.8, 4) is 28.5 Å². The molecule has 0 saturated carbocycles. The third kappa shape index (κ3) is 5.61. The number of amides is 1. The van der Waals surface area contributed by atoms with Gasteiger partial charge in [-0.1, -0.05) is 36.4 Å². The molecule has 0 spiro atoms. The number of halogens is 3. The minimum atomic E-state index is -4.42. The number of carbonyl (C=O) groups excluding carboxylic acids is 1. The fourth-order valence-corrected chi connectivity index (χ4v) is 4.06. The van der Waals surface area contributed by atoms with Crippen molar-refractivity contribution in [2.45, 2.75) is 12.6 Å². The van der Waals surface area contributed by atoms with Gasteiger partial charge in [-0.05, 0) is 42.3 Å². The Labute approximate surface area is 212 Å². The summed E-state index contributed by atoms with van der Waals surface area (Å²) in [4.78, 5) is 17.9. The molecular formula is C28H25F3N2O4. The molecule has 0 aliphatic heterocycles. The van der Waals surface area contributed by atoms with Crippen LogP contribution in [0, 0.1) is 0 Å². The largest absolute Gasteiger partial charge is 0.493 e. The number of hydrogen-bond acceptors (Lipinski definition) is 5. The highest BCUT2D eigenvalue weighted by molar-refractivity contribution is 6.07. The van der Waals surface area contributed by atoms with Crippen LogP contribution in [-0.2, 0) is 12.6 Å². The number of para-hydroxylation sites is 1. The highest BCUT2D eigenvalue weighted by Gasteiger charge is 2.30. The average Bonchev–Trinajstić information content (AvgIpc) is 2.91. The second kappa shape index (κ2) is 10.8. The fraction of sp³-hybridized carbons (Fsp3) is 0.214. The molecule has 0 aliphatic rings. The molecule has 1 N–H and O–H groups in total. The molecule has 0 bridgehead atoms. The monoisotopic (exact) mass is 510 g/mol. The first-order chi connectivity index (χ1) is 17.7. The molecule has 6 nitrogen and oxygen atoms in total. The van der Waals surface area contributed by atoms with E-state index in [1.54, 1.807) is 36.4 Å². The zero-order chi connectivity index (χ0) is 26.6. The van der Waals surface area contributed by atoms with Crippen LogP contribution in [0.4, 0.5) is 13.2 Å². The Hall–Kier alpha value is -4.27. The number of ether oxygens (including phenoxy) is 3. The van der Waals surface area contributed by atoms with Crippen LogP contribution < -0.4 is 19.5 Å². The standard InChI is InChI=1S/C28H25F3N2O4/c1-35-24-14-18(15-25(36-2)26(24)37-3)23-16-21(20-9-4-5-10-22(20)33-23)27(34)32-12-11-17-7-6-8-19(13-17)28(29,30)31/h4-10,13-16H,11-12H2,1-3H3,(H,32,34). The van der Waals surface area contributed by atoms with E-state index in [9.17, 15) is 18.0 Å². The van der Waals surface area contributed by atoms with E-state index in [4.69, 9.17) is 19.2 Å². The fourth-order valence-electron chi connectivity index (χ4n) is 4.06. The van der Waals surface area contributed by atoms with Gasteiger partial charge in [0.05, 0.1) is 43.7 Å². The Morgan fingerprint density at radius 3 is 2.24 bits per heavy atom. The molecule has 37 heavy (non-hydrogen) atoms. The minimum Gasteiger partial charge on any atom is -0.493 e. The predicted octanol–water partition coefficient (Wildman–Crippen LogP) is 5.92. The minimum absolute atomic E-state index is 0.163. The number of methoxy groups -OCH3 is 3. The number of alkyl halides is 3. The van der Waals surface area contributed by atoms with Gasteiger partial charge in [0.2, 0.25) is 5.75 Å². The SMILES string of the molecule is COc1cc(-c2cc(C(=O)NCCc3cccc(C(F)(F)F)c3)c3ccccc3n2)cc(OC)c1OC. The molecular weight excluding hydrogens is 485 g/mol. The number of benzene rings is 3. The summed E-state index contributed by atoms with van der Waals surface area (Å²) in [6, 6.07) is 17.5. The molecule has 192 valence electrons. The van der Waals surface area contributed by atoms with E-state index in [0.29, 0.717) is 50.5 Å². The number of nitrogens with zero attached hydrogens (tertiary/aromatic N) is 1. The van der Waals surface area contributed by atoms with Crippen molar-refractivity contribution >= 4 is 16.8 Å². The summed E-state index contributed by atoms with van der Waals surface area (Å²) < 4.78 is 55.3. The highest BCUT2D eigenvalue weighted by atomic mass is 19.4. The van der Waals surface area contributed by atoms with Gasteiger partial charge in [0.15, 0.2) is 11.5 Å². The summed E-state index contributed by atoms with van der Waals surface area (Å²) in [5.74, 6) is 0.958. The number of pyridine rings is 1. The normalized spacial score (nSPS) is 11.3. The van der Waals surface area contributed by atoms with Crippen LogP contribution in [-0.4, -0.2) is 38.8 Å². The number of carbonyl (C=O) groups is 1. The Morgan fingerprint density at radius 1 is 0.892 bits per heavy atom. The maximum absolute atomic E-state index is 13.2. The molecule has 1 heterocycles. The molecule has 4 rings (SSSR count). The van der Waals surface area contributed by atoms with E-state index in [1.807, 2.05) is 12.1 Å². The molecule has 0 radical (unpaired) electrons. The Morgan fingerprint density at radius 2 is 1.59 bits per heavy atom. The van der Waals surface area contributed by atoms with Crippen LogP contribution in [0.25, 0.3) is 22.2 Å². The summed E-state index contributed by atoms with van der Waals surface area (Å²) >= 11 is 0. The van der Waals surface area contributed by atoms with E-state index in [2.05, 4.69) is 5.32 Å². The molecule has 0 unspecified atom stereocenters. The van der Waals surface area contributed by atoms with Gasteiger partial charge in [-0.25, -0.2) is 4.98 Å². The van der Waals surface area contributed by atoms with Gasteiger partial charge in [0, 0.05) is 17.5 Å². The van der Waals surface area contributed by atoms with Crippen LogP contribution in [0.3, 0.4) is 0 Å². The molecule has 0 fully saturated rings. The van der Waals surface area contributed by atoms with E-state index in [1.165, 1.54) is 27.4 Å².